The van der Waals surface area contributed by atoms with E-state index in [4.69, 9.17) is 0 Å². The zero-order chi connectivity index (χ0) is 11.5. The van der Waals surface area contributed by atoms with E-state index in [0.717, 1.165) is 38.0 Å². The predicted molar refractivity (Wildman–Crippen MR) is 62.3 cm³/mol. The fourth-order valence-corrected chi connectivity index (χ4v) is 2.33. The summed E-state index contributed by atoms with van der Waals surface area (Å²) in [6, 6.07) is 2.15. The molecule has 1 aromatic rings. The summed E-state index contributed by atoms with van der Waals surface area (Å²) < 4.78 is 1.82. The van der Waals surface area contributed by atoms with E-state index in [1.807, 2.05) is 15.6 Å². The van der Waals surface area contributed by atoms with Crippen molar-refractivity contribution in [3.63, 3.8) is 0 Å². The second kappa shape index (κ2) is 4.68. The molecule has 0 aliphatic carbocycles. The monoisotopic (exact) mass is 221 g/mol. The number of carbonyl (C=O) groups is 1. The van der Waals surface area contributed by atoms with Crippen molar-refractivity contribution in [3.05, 3.63) is 18.0 Å². The molecule has 16 heavy (non-hydrogen) atoms. The highest BCUT2D eigenvalue weighted by molar-refractivity contribution is 5.92. The quantitative estimate of drug-likeness (QED) is 0.782. The number of rotatable bonds is 3. The normalized spacial score (nSPS) is 18.1. The van der Waals surface area contributed by atoms with Gasteiger partial charge in [-0.2, -0.15) is 5.10 Å². The Morgan fingerprint density at radius 1 is 1.50 bits per heavy atom. The summed E-state index contributed by atoms with van der Waals surface area (Å²) in [5.41, 5.74) is 0.737. The first kappa shape index (κ1) is 11.2. The van der Waals surface area contributed by atoms with E-state index < -0.39 is 0 Å². The summed E-state index contributed by atoms with van der Waals surface area (Å²) in [5.74, 6) is 0.135. The van der Waals surface area contributed by atoms with Crippen molar-refractivity contribution in [2.24, 2.45) is 0 Å². The average molecular weight is 221 g/mol. The molecule has 0 saturated heterocycles. The Kier molecular flexibility index (Phi) is 3.27. The van der Waals surface area contributed by atoms with Gasteiger partial charge in [0.05, 0.1) is 0 Å². The van der Waals surface area contributed by atoms with Crippen LogP contribution in [-0.4, -0.2) is 33.2 Å². The van der Waals surface area contributed by atoms with Crippen molar-refractivity contribution in [2.45, 2.75) is 45.7 Å². The van der Waals surface area contributed by atoms with E-state index in [9.17, 15) is 4.79 Å². The van der Waals surface area contributed by atoms with Crippen LogP contribution in [-0.2, 0) is 6.54 Å². The van der Waals surface area contributed by atoms with E-state index >= 15 is 0 Å². The van der Waals surface area contributed by atoms with Crippen molar-refractivity contribution in [2.75, 3.05) is 6.54 Å². The molecule has 0 fully saturated rings. The SMILES string of the molecule is CCCC(C)N1CCCn2nccc2C1=O. The van der Waals surface area contributed by atoms with Crippen molar-refractivity contribution >= 4 is 5.91 Å². The van der Waals surface area contributed by atoms with E-state index in [0.29, 0.717) is 6.04 Å². The zero-order valence-corrected chi connectivity index (χ0v) is 10.0. The van der Waals surface area contributed by atoms with Crippen LogP contribution in [0.4, 0.5) is 0 Å². The lowest BCUT2D eigenvalue weighted by Crippen LogP contribution is -2.38. The minimum Gasteiger partial charge on any atom is -0.335 e. The minimum atomic E-state index is 0.135. The van der Waals surface area contributed by atoms with Crippen molar-refractivity contribution in [3.8, 4) is 0 Å². The maximum absolute atomic E-state index is 12.3. The highest BCUT2D eigenvalue weighted by Crippen LogP contribution is 2.16. The van der Waals surface area contributed by atoms with Crippen LogP contribution in [0.2, 0.25) is 0 Å². The second-order valence-corrected chi connectivity index (χ2v) is 4.43. The maximum atomic E-state index is 12.3. The molecule has 0 bridgehead atoms. The van der Waals surface area contributed by atoms with Crippen molar-refractivity contribution in [1.29, 1.82) is 0 Å². The standard InChI is InChI=1S/C12H19N3O/c1-3-5-10(2)14-8-4-9-15-11(12(14)16)6-7-13-15/h6-7,10H,3-5,8-9H2,1-2H3. The summed E-state index contributed by atoms with van der Waals surface area (Å²) in [5, 5.41) is 4.18. The molecule has 1 aliphatic rings. The number of aryl methyl sites for hydroxylation is 1. The summed E-state index contributed by atoms with van der Waals surface area (Å²) in [7, 11) is 0. The number of aromatic nitrogens is 2. The summed E-state index contributed by atoms with van der Waals surface area (Å²) in [6.07, 6.45) is 4.89. The van der Waals surface area contributed by atoms with Gasteiger partial charge in [0.25, 0.3) is 5.91 Å². The molecule has 0 radical (unpaired) electrons. The Labute approximate surface area is 96.2 Å². The third-order valence-corrected chi connectivity index (χ3v) is 3.20. The molecule has 0 spiro atoms. The Balaban J connectivity index is 2.20. The average Bonchev–Trinajstić information content (AvgIpc) is 2.66. The van der Waals surface area contributed by atoms with Gasteiger partial charge < -0.3 is 4.90 Å². The number of nitrogens with zero attached hydrogens (tertiary/aromatic N) is 3. The number of carbonyl (C=O) groups excluding carboxylic acids is 1. The van der Waals surface area contributed by atoms with Gasteiger partial charge in [-0.15, -0.1) is 0 Å². The summed E-state index contributed by atoms with van der Waals surface area (Å²) in [4.78, 5) is 14.3. The first-order valence-electron chi connectivity index (χ1n) is 6.06. The molecule has 4 heteroatoms. The molecule has 0 N–H and O–H groups in total. The molecule has 1 aromatic heterocycles. The first-order valence-corrected chi connectivity index (χ1v) is 6.06. The van der Waals surface area contributed by atoms with Gasteiger partial charge in [-0.3, -0.25) is 9.48 Å². The Hall–Kier alpha value is -1.32. The van der Waals surface area contributed by atoms with Gasteiger partial charge in [0.15, 0.2) is 0 Å². The Morgan fingerprint density at radius 3 is 3.06 bits per heavy atom. The molecule has 1 atom stereocenters. The van der Waals surface area contributed by atoms with Crippen LogP contribution in [0.25, 0.3) is 0 Å². The molecule has 1 aliphatic heterocycles. The number of fused-ring (bicyclic) bond motifs is 1. The molecule has 2 heterocycles. The fraction of sp³-hybridized carbons (Fsp3) is 0.667. The maximum Gasteiger partial charge on any atom is 0.272 e. The van der Waals surface area contributed by atoms with Crippen LogP contribution < -0.4 is 0 Å². The molecule has 4 nitrogen and oxygen atoms in total. The molecule has 1 amide bonds. The smallest absolute Gasteiger partial charge is 0.272 e. The number of amides is 1. The largest absolute Gasteiger partial charge is 0.335 e. The summed E-state index contributed by atoms with van der Waals surface area (Å²) >= 11 is 0. The molecular formula is C12H19N3O. The molecule has 88 valence electrons. The van der Waals surface area contributed by atoms with Crippen molar-refractivity contribution in [1.82, 2.24) is 14.7 Å². The third-order valence-electron chi connectivity index (χ3n) is 3.20. The molecule has 1 unspecified atom stereocenters. The minimum absolute atomic E-state index is 0.135. The van der Waals surface area contributed by atoms with Gasteiger partial charge in [-0.05, 0) is 25.8 Å². The van der Waals surface area contributed by atoms with Crippen LogP contribution in [0, 0.1) is 0 Å². The highest BCUT2D eigenvalue weighted by Gasteiger charge is 2.25. The van der Waals surface area contributed by atoms with E-state index in [-0.39, 0.29) is 5.91 Å². The topological polar surface area (TPSA) is 38.1 Å². The van der Waals surface area contributed by atoms with Crippen LogP contribution in [0.1, 0.15) is 43.6 Å². The van der Waals surface area contributed by atoms with Gasteiger partial charge in [-0.1, -0.05) is 13.3 Å². The van der Waals surface area contributed by atoms with Crippen LogP contribution >= 0.6 is 0 Å². The van der Waals surface area contributed by atoms with Gasteiger partial charge in [-0.25, -0.2) is 0 Å². The lowest BCUT2D eigenvalue weighted by molar-refractivity contribution is 0.0687. The Bertz CT molecular complexity index is 372. The van der Waals surface area contributed by atoms with Gasteiger partial charge in [0, 0.05) is 25.3 Å². The zero-order valence-electron chi connectivity index (χ0n) is 10.0. The first-order chi connectivity index (χ1) is 7.74. The number of hydrogen-bond acceptors (Lipinski definition) is 2. The molecule has 2 rings (SSSR count). The number of hydrogen-bond donors (Lipinski definition) is 0. The van der Waals surface area contributed by atoms with E-state index in [1.165, 1.54) is 0 Å². The lowest BCUT2D eigenvalue weighted by Gasteiger charge is -2.27. The second-order valence-electron chi connectivity index (χ2n) is 4.43. The molecule has 0 saturated carbocycles. The summed E-state index contributed by atoms with van der Waals surface area (Å²) in [6.45, 7) is 5.99. The van der Waals surface area contributed by atoms with E-state index in [1.54, 1.807) is 6.20 Å². The van der Waals surface area contributed by atoms with Crippen molar-refractivity contribution < 1.29 is 4.79 Å². The highest BCUT2D eigenvalue weighted by atomic mass is 16.2. The van der Waals surface area contributed by atoms with E-state index in [2.05, 4.69) is 18.9 Å². The lowest BCUT2D eigenvalue weighted by atomic mass is 10.1. The molecule has 0 aromatic carbocycles. The van der Waals surface area contributed by atoms with Crippen LogP contribution in [0.15, 0.2) is 12.3 Å². The fourth-order valence-electron chi connectivity index (χ4n) is 2.33. The third kappa shape index (κ3) is 1.96. The Morgan fingerprint density at radius 2 is 2.31 bits per heavy atom. The van der Waals surface area contributed by atoms with Gasteiger partial charge in [0.2, 0.25) is 0 Å². The van der Waals surface area contributed by atoms with Gasteiger partial charge in [0.1, 0.15) is 5.69 Å². The van der Waals surface area contributed by atoms with Crippen LogP contribution in [0.3, 0.4) is 0 Å². The predicted octanol–water partition coefficient (Wildman–Crippen LogP) is 1.92. The van der Waals surface area contributed by atoms with Crippen LogP contribution in [0.5, 0.6) is 0 Å². The van der Waals surface area contributed by atoms with Gasteiger partial charge >= 0.3 is 0 Å². The molecular weight excluding hydrogens is 202 g/mol.